The Morgan fingerprint density at radius 3 is 2.86 bits per heavy atom. The Hall–Kier alpha value is -1.86. The normalized spacial score (nSPS) is 11.5. The van der Waals surface area contributed by atoms with Crippen molar-refractivity contribution < 1.29 is 19.1 Å². The molecule has 3 N–H and O–H groups in total. The van der Waals surface area contributed by atoms with Gasteiger partial charge in [-0.25, -0.2) is 4.39 Å². The molecule has 0 fully saturated rings. The van der Waals surface area contributed by atoms with Crippen molar-refractivity contribution in [3.05, 3.63) is 34.6 Å². The second kappa shape index (κ2) is 8.43. The number of benzene rings is 1. The first-order chi connectivity index (χ1) is 10.0. The van der Waals surface area contributed by atoms with E-state index in [0.29, 0.717) is 0 Å². The van der Waals surface area contributed by atoms with E-state index >= 15 is 0 Å². The Morgan fingerprint density at radius 2 is 2.24 bits per heavy atom. The molecule has 0 radical (unpaired) electrons. The van der Waals surface area contributed by atoms with Gasteiger partial charge in [-0.1, -0.05) is 22.8 Å². The first-order valence-corrected chi connectivity index (χ1v) is 6.57. The van der Waals surface area contributed by atoms with E-state index in [0.717, 1.165) is 0 Å². The maximum Gasteiger partial charge on any atom is 0.256 e. The number of oxime groups is 1. The average molecular weight is 318 g/mol. The highest BCUT2D eigenvalue weighted by Gasteiger charge is 2.20. The zero-order valence-electron chi connectivity index (χ0n) is 11.6. The van der Waals surface area contributed by atoms with Crippen molar-refractivity contribution in [3.63, 3.8) is 0 Å². The van der Waals surface area contributed by atoms with Gasteiger partial charge in [0.2, 0.25) is 0 Å². The van der Waals surface area contributed by atoms with E-state index in [1.165, 1.54) is 30.2 Å². The van der Waals surface area contributed by atoms with Crippen molar-refractivity contribution in [1.82, 2.24) is 4.90 Å². The van der Waals surface area contributed by atoms with Crippen molar-refractivity contribution in [2.24, 2.45) is 10.9 Å². The molecular weight excluding hydrogens is 301 g/mol. The summed E-state index contributed by atoms with van der Waals surface area (Å²) in [6, 6.07) is 4.22. The maximum absolute atomic E-state index is 13.9. The molecule has 1 aromatic carbocycles. The summed E-state index contributed by atoms with van der Waals surface area (Å²) in [5, 5.41) is 11.2. The standard InChI is InChI=1S/C13H17ClFN3O3/c1-21-8-7-18(6-5-11(16)17-20)13(19)9-3-2-4-10(14)12(9)15/h2-4,20H,5-8H2,1H3,(H2,16,17). The minimum Gasteiger partial charge on any atom is -0.409 e. The summed E-state index contributed by atoms with van der Waals surface area (Å²) in [7, 11) is 1.49. The monoisotopic (exact) mass is 317 g/mol. The summed E-state index contributed by atoms with van der Waals surface area (Å²) in [5.74, 6) is -1.31. The number of amidine groups is 1. The summed E-state index contributed by atoms with van der Waals surface area (Å²) in [4.78, 5) is 13.7. The number of carbonyl (C=O) groups excluding carboxylic acids is 1. The molecule has 1 rings (SSSR count). The highest BCUT2D eigenvalue weighted by atomic mass is 35.5. The third-order valence-corrected chi connectivity index (χ3v) is 3.09. The van der Waals surface area contributed by atoms with Gasteiger partial charge in [-0.2, -0.15) is 0 Å². The summed E-state index contributed by atoms with van der Waals surface area (Å²) in [6.45, 7) is 0.703. The molecule has 0 bridgehead atoms. The number of amides is 1. The second-order valence-corrected chi connectivity index (χ2v) is 4.63. The summed E-state index contributed by atoms with van der Waals surface area (Å²) in [6.07, 6.45) is 0.161. The Morgan fingerprint density at radius 1 is 1.52 bits per heavy atom. The van der Waals surface area contributed by atoms with Crippen LogP contribution < -0.4 is 5.73 Å². The number of halogens is 2. The van der Waals surface area contributed by atoms with Gasteiger partial charge >= 0.3 is 0 Å². The topological polar surface area (TPSA) is 88.2 Å². The zero-order valence-corrected chi connectivity index (χ0v) is 12.3. The van der Waals surface area contributed by atoms with Crippen molar-refractivity contribution in [2.75, 3.05) is 26.8 Å². The predicted molar refractivity (Wildman–Crippen MR) is 77.2 cm³/mol. The molecule has 0 heterocycles. The number of hydrogen-bond donors (Lipinski definition) is 2. The smallest absolute Gasteiger partial charge is 0.256 e. The highest BCUT2D eigenvalue weighted by molar-refractivity contribution is 6.31. The molecule has 0 aliphatic carbocycles. The largest absolute Gasteiger partial charge is 0.409 e. The number of carbonyl (C=O) groups is 1. The van der Waals surface area contributed by atoms with Gasteiger partial charge in [0.25, 0.3) is 5.91 Å². The van der Waals surface area contributed by atoms with Crippen LogP contribution in [0.1, 0.15) is 16.8 Å². The van der Waals surface area contributed by atoms with Gasteiger partial charge in [0.15, 0.2) is 5.82 Å². The molecule has 0 spiro atoms. The quantitative estimate of drug-likeness (QED) is 0.347. The highest BCUT2D eigenvalue weighted by Crippen LogP contribution is 2.19. The fraction of sp³-hybridized carbons (Fsp3) is 0.385. The van der Waals surface area contributed by atoms with Gasteiger partial charge < -0.3 is 20.6 Å². The average Bonchev–Trinajstić information content (AvgIpc) is 2.49. The van der Waals surface area contributed by atoms with Crippen LogP contribution in [0.15, 0.2) is 23.4 Å². The van der Waals surface area contributed by atoms with Crippen molar-refractivity contribution >= 4 is 23.3 Å². The molecule has 116 valence electrons. The molecule has 8 heteroatoms. The Kier molecular flexibility index (Phi) is 6.90. The number of ether oxygens (including phenoxy) is 1. The summed E-state index contributed by atoms with van der Waals surface area (Å²) in [5.41, 5.74) is 5.25. The molecule has 0 aliphatic heterocycles. The Labute approximate surface area is 126 Å². The van der Waals surface area contributed by atoms with E-state index in [1.54, 1.807) is 0 Å². The lowest BCUT2D eigenvalue weighted by Gasteiger charge is -2.22. The van der Waals surface area contributed by atoms with E-state index in [9.17, 15) is 9.18 Å². The molecule has 0 saturated heterocycles. The molecule has 1 aromatic rings. The molecule has 0 unspecified atom stereocenters. The molecule has 0 atom stereocenters. The van der Waals surface area contributed by atoms with Gasteiger partial charge in [0, 0.05) is 26.6 Å². The molecule has 0 saturated carbocycles. The van der Waals surface area contributed by atoms with Crippen LogP contribution in [-0.4, -0.2) is 48.7 Å². The van der Waals surface area contributed by atoms with Crippen molar-refractivity contribution in [1.29, 1.82) is 0 Å². The second-order valence-electron chi connectivity index (χ2n) is 4.23. The summed E-state index contributed by atoms with van der Waals surface area (Å²) < 4.78 is 18.8. The minimum atomic E-state index is -0.768. The predicted octanol–water partition coefficient (Wildman–Crippen LogP) is 1.70. The van der Waals surface area contributed by atoms with E-state index in [4.69, 9.17) is 27.3 Å². The van der Waals surface area contributed by atoms with Crippen molar-refractivity contribution in [3.8, 4) is 0 Å². The minimum absolute atomic E-state index is 0.0169. The first kappa shape index (κ1) is 17.2. The number of nitrogens with zero attached hydrogens (tertiary/aromatic N) is 2. The van der Waals surface area contributed by atoms with Gasteiger partial charge in [0.05, 0.1) is 17.2 Å². The molecule has 0 aromatic heterocycles. The Bertz CT molecular complexity index is 525. The van der Waals surface area contributed by atoms with Crippen LogP contribution in [0.3, 0.4) is 0 Å². The lowest BCUT2D eigenvalue weighted by atomic mass is 10.1. The van der Waals surface area contributed by atoms with Crippen LogP contribution in [0.2, 0.25) is 5.02 Å². The third-order valence-electron chi connectivity index (χ3n) is 2.80. The number of rotatable bonds is 7. The molecule has 0 aliphatic rings. The van der Waals surface area contributed by atoms with Crippen LogP contribution >= 0.6 is 11.6 Å². The summed E-state index contributed by atoms with van der Waals surface area (Å²) >= 11 is 5.67. The lowest BCUT2D eigenvalue weighted by Crippen LogP contribution is -2.37. The van der Waals surface area contributed by atoms with Crippen LogP contribution in [0, 0.1) is 5.82 Å². The van der Waals surface area contributed by atoms with E-state index in [-0.39, 0.29) is 42.5 Å². The zero-order chi connectivity index (χ0) is 15.8. The van der Waals surface area contributed by atoms with Crippen LogP contribution in [-0.2, 0) is 4.74 Å². The van der Waals surface area contributed by atoms with Crippen LogP contribution in [0.25, 0.3) is 0 Å². The number of nitrogens with two attached hydrogens (primary N) is 1. The van der Waals surface area contributed by atoms with E-state index < -0.39 is 11.7 Å². The Balaban J connectivity index is 2.90. The van der Waals surface area contributed by atoms with Crippen LogP contribution in [0.5, 0.6) is 0 Å². The van der Waals surface area contributed by atoms with Gasteiger partial charge in [-0.3, -0.25) is 4.79 Å². The van der Waals surface area contributed by atoms with Gasteiger partial charge in [-0.15, -0.1) is 0 Å². The molecule has 6 nitrogen and oxygen atoms in total. The fourth-order valence-electron chi connectivity index (χ4n) is 1.66. The fourth-order valence-corrected chi connectivity index (χ4v) is 1.83. The molecular formula is C13H17ClFN3O3. The molecule has 21 heavy (non-hydrogen) atoms. The lowest BCUT2D eigenvalue weighted by molar-refractivity contribution is 0.0696. The maximum atomic E-state index is 13.9. The van der Waals surface area contributed by atoms with Gasteiger partial charge in [0.1, 0.15) is 5.84 Å². The van der Waals surface area contributed by atoms with E-state index in [2.05, 4.69) is 5.16 Å². The van der Waals surface area contributed by atoms with Crippen LogP contribution in [0.4, 0.5) is 4.39 Å². The number of hydrogen-bond acceptors (Lipinski definition) is 4. The number of methoxy groups -OCH3 is 1. The molecule has 1 amide bonds. The van der Waals surface area contributed by atoms with Crippen molar-refractivity contribution in [2.45, 2.75) is 6.42 Å². The van der Waals surface area contributed by atoms with Gasteiger partial charge in [-0.05, 0) is 12.1 Å². The SMILES string of the molecule is COCCN(CC/C(N)=N/O)C(=O)c1cccc(Cl)c1F. The third kappa shape index (κ3) is 4.87. The first-order valence-electron chi connectivity index (χ1n) is 6.19. The van der Waals surface area contributed by atoms with E-state index in [1.807, 2.05) is 0 Å².